The molecular formula is C14H8BrF3N2. The maximum absolute atomic E-state index is 12.7. The van der Waals surface area contributed by atoms with Crippen LogP contribution in [0.2, 0.25) is 0 Å². The highest BCUT2D eigenvalue weighted by molar-refractivity contribution is 9.10. The summed E-state index contributed by atoms with van der Waals surface area (Å²) in [6.07, 6.45) is -2.83. The minimum absolute atomic E-state index is 0.319. The number of benzene rings is 2. The van der Waals surface area contributed by atoms with Crippen molar-refractivity contribution >= 4 is 27.0 Å². The first kappa shape index (κ1) is 13.2. The molecule has 3 aromatic rings. The van der Waals surface area contributed by atoms with Crippen molar-refractivity contribution in [3.05, 3.63) is 58.8 Å². The molecule has 0 bridgehead atoms. The predicted molar refractivity (Wildman–Crippen MR) is 73.8 cm³/mol. The van der Waals surface area contributed by atoms with Gasteiger partial charge in [-0.25, -0.2) is 4.98 Å². The van der Waals surface area contributed by atoms with E-state index in [9.17, 15) is 13.2 Å². The Hall–Kier alpha value is -1.82. The van der Waals surface area contributed by atoms with Gasteiger partial charge < -0.3 is 0 Å². The quantitative estimate of drug-likeness (QED) is 0.621. The first-order chi connectivity index (χ1) is 9.45. The average molecular weight is 341 g/mol. The van der Waals surface area contributed by atoms with E-state index in [1.165, 1.54) is 12.4 Å². The van der Waals surface area contributed by atoms with Crippen molar-refractivity contribution in [2.45, 2.75) is 6.18 Å². The second-order valence-corrected chi connectivity index (χ2v) is 5.21. The molecule has 2 aromatic carbocycles. The highest BCUT2D eigenvalue weighted by atomic mass is 79.9. The Labute approximate surface area is 121 Å². The average Bonchev–Trinajstić information content (AvgIpc) is 2.80. The van der Waals surface area contributed by atoms with E-state index in [0.29, 0.717) is 11.0 Å². The van der Waals surface area contributed by atoms with Crippen LogP contribution in [-0.4, -0.2) is 9.55 Å². The molecule has 0 aliphatic rings. The monoisotopic (exact) mass is 340 g/mol. The Morgan fingerprint density at radius 2 is 1.85 bits per heavy atom. The number of hydrogen-bond donors (Lipinski definition) is 0. The van der Waals surface area contributed by atoms with Gasteiger partial charge in [-0.3, -0.25) is 4.57 Å². The summed E-state index contributed by atoms with van der Waals surface area (Å²) in [6.45, 7) is 0. The van der Waals surface area contributed by atoms with Crippen LogP contribution in [0.5, 0.6) is 0 Å². The van der Waals surface area contributed by atoms with E-state index in [2.05, 4.69) is 20.9 Å². The van der Waals surface area contributed by atoms with Crippen molar-refractivity contribution in [3.63, 3.8) is 0 Å². The van der Waals surface area contributed by atoms with E-state index in [-0.39, 0.29) is 0 Å². The van der Waals surface area contributed by atoms with E-state index in [1.54, 1.807) is 4.57 Å². The normalized spacial score (nSPS) is 12.0. The third-order valence-electron chi connectivity index (χ3n) is 2.96. The van der Waals surface area contributed by atoms with Gasteiger partial charge in [0.05, 0.1) is 16.6 Å². The summed E-state index contributed by atoms with van der Waals surface area (Å²) in [5, 5.41) is 0. The van der Waals surface area contributed by atoms with E-state index in [1.807, 2.05) is 24.3 Å². The molecule has 1 heterocycles. The topological polar surface area (TPSA) is 17.8 Å². The summed E-state index contributed by atoms with van der Waals surface area (Å²) in [5.41, 5.74) is 1.10. The Morgan fingerprint density at radius 3 is 2.55 bits per heavy atom. The van der Waals surface area contributed by atoms with Crippen LogP contribution >= 0.6 is 15.9 Å². The zero-order valence-corrected chi connectivity index (χ0v) is 11.6. The minimum atomic E-state index is -4.35. The van der Waals surface area contributed by atoms with Gasteiger partial charge in [-0.1, -0.05) is 22.0 Å². The number of fused-ring (bicyclic) bond motifs is 1. The summed E-state index contributed by atoms with van der Waals surface area (Å²) < 4.78 is 40.6. The molecule has 0 spiro atoms. The van der Waals surface area contributed by atoms with Gasteiger partial charge in [0.2, 0.25) is 0 Å². The van der Waals surface area contributed by atoms with E-state index < -0.39 is 11.7 Å². The fourth-order valence-corrected chi connectivity index (χ4v) is 2.41. The molecular weight excluding hydrogens is 333 g/mol. The molecule has 0 amide bonds. The summed E-state index contributed by atoms with van der Waals surface area (Å²) in [6, 6.07) is 11.0. The lowest BCUT2D eigenvalue weighted by atomic mass is 10.2. The van der Waals surface area contributed by atoms with Crippen LogP contribution in [0.4, 0.5) is 13.2 Å². The van der Waals surface area contributed by atoms with Crippen molar-refractivity contribution in [2.24, 2.45) is 0 Å². The Bertz CT molecular complexity index is 777. The van der Waals surface area contributed by atoms with Crippen LogP contribution in [0.25, 0.3) is 16.7 Å². The number of imidazole rings is 1. The van der Waals surface area contributed by atoms with Crippen molar-refractivity contribution in [1.29, 1.82) is 0 Å². The summed E-state index contributed by atoms with van der Waals surface area (Å²) in [4.78, 5) is 4.05. The van der Waals surface area contributed by atoms with Gasteiger partial charge in [-0.15, -0.1) is 0 Å². The molecule has 2 nitrogen and oxygen atoms in total. The smallest absolute Gasteiger partial charge is 0.299 e. The molecule has 0 radical (unpaired) electrons. The number of rotatable bonds is 1. The molecule has 20 heavy (non-hydrogen) atoms. The molecule has 0 atom stereocenters. The first-order valence-corrected chi connectivity index (χ1v) is 6.55. The van der Waals surface area contributed by atoms with E-state index in [0.717, 1.165) is 22.3 Å². The molecule has 0 fully saturated rings. The minimum Gasteiger partial charge on any atom is -0.299 e. The van der Waals surface area contributed by atoms with Crippen molar-refractivity contribution in [1.82, 2.24) is 9.55 Å². The molecule has 0 saturated heterocycles. The van der Waals surface area contributed by atoms with Crippen LogP contribution in [0.1, 0.15) is 5.56 Å². The van der Waals surface area contributed by atoms with Crippen LogP contribution in [-0.2, 0) is 6.18 Å². The van der Waals surface area contributed by atoms with Crippen molar-refractivity contribution in [2.75, 3.05) is 0 Å². The Kier molecular flexibility index (Phi) is 3.05. The van der Waals surface area contributed by atoms with Gasteiger partial charge in [0, 0.05) is 10.2 Å². The molecule has 3 rings (SSSR count). The van der Waals surface area contributed by atoms with E-state index >= 15 is 0 Å². The number of hydrogen-bond acceptors (Lipinski definition) is 1. The second-order valence-electron chi connectivity index (χ2n) is 4.30. The molecule has 0 aliphatic heterocycles. The number of nitrogens with zero attached hydrogens (tertiary/aromatic N) is 2. The summed E-state index contributed by atoms with van der Waals surface area (Å²) >= 11 is 3.37. The van der Waals surface area contributed by atoms with Gasteiger partial charge in [0.15, 0.2) is 0 Å². The summed E-state index contributed by atoms with van der Waals surface area (Å²) in [5.74, 6) is 0. The highest BCUT2D eigenvalue weighted by Gasteiger charge is 2.30. The van der Waals surface area contributed by atoms with Gasteiger partial charge in [0.1, 0.15) is 6.33 Å². The molecule has 0 aliphatic carbocycles. The van der Waals surface area contributed by atoms with Crippen molar-refractivity contribution in [3.8, 4) is 5.69 Å². The second kappa shape index (κ2) is 4.63. The van der Waals surface area contributed by atoms with Gasteiger partial charge in [0.25, 0.3) is 0 Å². The standard InChI is InChI=1S/C14H8BrF3N2/c15-10-2-1-3-11(7-10)20-8-19-12-6-9(14(16,17)18)4-5-13(12)20/h1-8H. The fourth-order valence-electron chi connectivity index (χ4n) is 2.02. The van der Waals surface area contributed by atoms with Gasteiger partial charge in [-0.05, 0) is 36.4 Å². The maximum atomic E-state index is 12.7. The lowest BCUT2D eigenvalue weighted by molar-refractivity contribution is -0.137. The van der Waals surface area contributed by atoms with Crippen LogP contribution in [0.3, 0.4) is 0 Å². The third kappa shape index (κ3) is 2.31. The van der Waals surface area contributed by atoms with Crippen molar-refractivity contribution < 1.29 is 13.2 Å². The third-order valence-corrected chi connectivity index (χ3v) is 3.45. The van der Waals surface area contributed by atoms with Crippen LogP contribution in [0.15, 0.2) is 53.3 Å². The molecule has 1 aromatic heterocycles. The molecule has 6 heteroatoms. The fraction of sp³-hybridized carbons (Fsp3) is 0.0714. The number of halogens is 4. The number of aromatic nitrogens is 2. The predicted octanol–water partition coefficient (Wildman–Crippen LogP) is 4.81. The zero-order valence-electron chi connectivity index (χ0n) is 10.0. The molecule has 0 N–H and O–H groups in total. The maximum Gasteiger partial charge on any atom is 0.416 e. The SMILES string of the molecule is FC(F)(F)c1ccc2c(c1)ncn2-c1cccc(Br)c1. The highest BCUT2D eigenvalue weighted by Crippen LogP contribution is 2.31. The zero-order chi connectivity index (χ0) is 14.3. The Balaban J connectivity index is 2.15. The Morgan fingerprint density at radius 1 is 1.05 bits per heavy atom. The number of alkyl halides is 3. The molecule has 102 valence electrons. The largest absolute Gasteiger partial charge is 0.416 e. The van der Waals surface area contributed by atoms with Crippen LogP contribution in [0, 0.1) is 0 Å². The molecule has 0 saturated carbocycles. The first-order valence-electron chi connectivity index (χ1n) is 5.75. The summed E-state index contributed by atoms with van der Waals surface area (Å²) in [7, 11) is 0. The van der Waals surface area contributed by atoms with Crippen LogP contribution < -0.4 is 0 Å². The lowest BCUT2D eigenvalue weighted by Gasteiger charge is -2.07. The van der Waals surface area contributed by atoms with Gasteiger partial charge in [-0.2, -0.15) is 13.2 Å². The van der Waals surface area contributed by atoms with Gasteiger partial charge >= 0.3 is 6.18 Å². The van der Waals surface area contributed by atoms with E-state index in [4.69, 9.17) is 0 Å². The molecule has 0 unspecified atom stereocenters. The lowest BCUT2D eigenvalue weighted by Crippen LogP contribution is -2.04.